The second-order valence-corrected chi connectivity index (χ2v) is 4.44. The summed E-state index contributed by atoms with van der Waals surface area (Å²) in [6.45, 7) is 1.21. The summed E-state index contributed by atoms with van der Waals surface area (Å²) in [5.41, 5.74) is 0. The zero-order valence-corrected chi connectivity index (χ0v) is 10.1. The Morgan fingerprint density at radius 3 is 2.94 bits per heavy atom. The third-order valence-corrected chi connectivity index (χ3v) is 2.83. The predicted octanol–water partition coefficient (Wildman–Crippen LogP) is 1.31. The molecule has 1 aromatic rings. The lowest BCUT2D eigenvalue weighted by molar-refractivity contribution is -0.141. The van der Waals surface area contributed by atoms with Crippen molar-refractivity contribution in [2.45, 2.75) is 12.5 Å². The summed E-state index contributed by atoms with van der Waals surface area (Å²) in [4.78, 5) is 13.2. The Balaban J connectivity index is 1.71. The van der Waals surface area contributed by atoms with E-state index in [4.69, 9.17) is 21.4 Å². The molecule has 1 amide bonds. The number of hydrogen-bond donors (Lipinski definition) is 1. The Hall–Kier alpha value is -1.26. The summed E-state index contributed by atoms with van der Waals surface area (Å²) >= 11 is 5.80. The minimum absolute atomic E-state index is 0.0114. The first-order chi connectivity index (χ1) is 8.15. The van der Waals surface area contributed by atoms with E-state index < -0.39 is 0 Å². The number of ether oxygens (including phenoxy) is 1. The van der Waals surface area contributed by atoms with E-state index in [2.05, 4.69) is 0 Å². The highest BCUT2D eigenvalue weighted by Crippen LogP contribution is 2.17. The van der Waals surface area contributed by atoms with E-state index >= 15 is 0 Å². The van der Waals surface area contributed by atoms with Gasteiger partial charge in [0.2, 0.25) is 5.91 Å². The number of amides is 1. The second kappa shape index (κ2) is 5.38. The van der Waals surface area contributed by atoms with Crippen molar-refractivity contribution in [2.24, 2.45) is 0 Å². The van der Waals surface area contributed by atoms with Gasteiger partial charge in [-0.2, -0.15) is 0 Å². The van der Waals surface area contributed by atoms with Crippen LogP contribution in [0.15, 0.2) is 24.3 Å². The maximum atomic E-state index is 11.5. The van der Waals surface area contributed by atoms with E-state index in [9.17, 15) is 4.79 Å². The Bertz CT molecular complexity index is 404. The van der Waals surface area contributed by atoms with Crippen LogP contribution in [0.1, 0.15) is 6.42 Å². The lowest BCUT2D eigenvalue weighted by Gasteiger charge is -2.35. The van der Waals surface area contributed by atoms with Crippen LogP contribution in [0.5, 0.6) is 5.75 Å². The molecule has 0 aliphatic carbocycles. The van der Waals surface area contributed by atoms with Gasteiger partial charge in [-0.1, -0.05) is 17.7 Å². The molecule has 0 bridgehead atoms. The van der Waals surface area contributed by atoms with Crippen LogP contribution in [0.4, 0.5) is 0 Å². The number of carbonyl (C=O) groups excluding carboxylic acids is 1. The molecule has 17 heavy (non-hydrogen) atoms. The number of halogens is 1. The van der Waals surface area contributed by atoms with Crippen LogP contribution in [-0.2, 0) is 4.79 Å². The Labute approximate surface area is 105 Å². The fourth-order valence-corrected chi connectivity index (χ4v) is 1.81. The summed E-state index contributed by atoms with van der Waals surface area (Å²) in [6.07, 6.45) is -0.0352. The van der Waals surface area contributed by atoms with Crippen molar-refractivity contribution in [3.05, 3.63) is 29.3 Å². The lowest BCUT2D eigenvalue weighted by Crippen LogP contribution is -2.53. The molecule has 0 saturated carbocycles. The first-order valence-electron chi connectivity index (χ1n) is 5.49. The molecule has 1 heterocycles. The SMILES string of the molecule is O=C(CCOc1cccc(Cl)c1)N1CC(O)C1. The van der Waals surface area contributed by atoms with E-state index in [-0.39, 0.29) is 12.0 Å². The van der Waals surface area contributed by atoms with E-state index in [1.54, 1.807) is 29.2 Å². The minimum Gasteiger partial charge on any atom is -0.493 e. The molecule has 1 aromatic carbocycles. The fourth-order valence-electron chi connectivity index (χ4n) is 1.63. The second-order valence-electron chi connectivity index (χ2n) is 4.01. The summed E-state index contributed by atoms with van der Waals surface area (Å²) in [5, 5.41) is 9.67. The summed E-state index contributed by atoms with van der Waals surface area (Å²) in [5.74, 6) is 0.672. The molecule has 0 unspecified atom stereocenters. The van der Waals surface area contributed by atoms with Crippen molar-refractivity contribution in [3.63, 3.8) is 0 Å². The molecule has 0 atom stereocenters. The number of aliphatic hydroxyl groups excluding tert-OH is 1. The molecule has 1 aliphatic heterocycles. The average Bonchev–Trinajstić information content (AvgIpc) is 2.25. The molecule has 92 valence electrons. The highest BCUT2D eigenvalue weighted by Gasteiger charge is 2.28. The number of nitrogens with zero attached hydrogens (tertiary/aromatic N) is 1. The standard InChI is InChI=1S/C12H14ClNO3/c13-9-2-1-3-11(6-9)17-5-4-12(16)14-7-10(15)8-14/h1-3,6,10,15H,4-5,7-8H2. The monoisotopic (exact) mass is 255 g/mol. The maximum absolute atomic E-state index is 11.5. The first-order valence-corrected chi connectivity index (χ1v) is 5.87. The van der Waals surface area contributed by atoms with Crippen molar-refractivity contribution in [1.82, 2.24) is 4.90 Å². The number of benzene rings is 1. The van der Waals surface area contributed by atoms with Gasteiger partial charge in [0.15, 0.2) is 0 Å². The largest absolute Gasteiger partial charge is 0.493 e. The summed E-state index contributed by atoms with van der Waals surface area (Å²) in [6, 6.07) is 7.06. The first kappa shape index (κ1) is 12.2. The zero-order chi connectivity index (χ0) is 12.3. The molecule has 0 radical (unpaired) electrons. The molecule has 1 aliphatic rings. The Morgan fingerprint density at radius 1 is 1.53 bits per heavy atom. The Morgan fingerprint density at radius 2 is 2.29 bits per heavy atom. The number of β-amino-alcohol motifs (C(OH)–C–C–N with tert-alkyl or cyclic N) is 1. The van der Waals surface area contributed by atoms with E-state index in [0.29, 0.717) is 36.9 Å². The molecule has 5 heteroatoms. The van der Waals surface area contributed by atoms with Gasteiger partial charge in [0.1, 0.15) is 5.75 Å². The van der Waals surface area contributed by atoms with Gasteiger partial charge in [-0.05, 0) is 18.2 Å². The van der Waals surface area contributed by atoms with Crippen LogP contribution in [0.2, 0.25) is 5.02 Å². The smallest absolute Gasteiger partial charge is 0.226 e. The van der Waals surface area contributed by atoms with Crippen LogP contribution < -0.4 is 4.74 Å². The summed E-state index contributed by atoms with van der Waals surface area (Å²) in [7, 11) is 0. The summed E-state index contributed by atoms with van der Waals surface area (Å²) < 4.78 is 5.41. The number of carbonyl (C=O) groups is 1. The van der Waals surface area contributed by atoms with E-state index in [0.717, 1.165) is 0 Å². The van der Waals surface area contributed by atoms with Gasteiger partial charge in [0.25, 0.3) is 0 Å². The Kier molecular flexibility index (Phi) is 3.86. The van der Waals surface area contributed by atoms with Crippen molar-refractivity contribution in [1.29, 1.82) is 0 Å². The molecule has 1 saturated heterocycles. The van der Waals surface area contributed by atoms with E-state index in [1.165, 1.54) is 0 Å². The molecule has 0 spiro atoms. The van der Waals surface area contributed by atoms with Crippen LogP contribution >= 0.6 is 11.6 Å². The van der Waals surface area contributed by atoms with Gasteiger partial charge in [0, 0.05) is 18.1 Å². The van der Waals surface area contributed by atoms with Gasteiger partial charge < -0.3 is 14.7 Å². The van der Waals surface area contributed by atoms with Crippen molar-refractivity contribution < 1.29 is 14.6 Å². The quantitative estimate of drug-likeness (QED) is 0.883. The average molecular weight is 256 g/mol. The van der Waals surface area contributed by atoms with Crippen LogP contribution in [0, 0.1) is 0 Å². The topological polar surface area (TPSA) is 49.8 Å². The molecule has 1 N–H and O–H groups in total. The molecule has 0 aromatic heterocycles. The number of likely N-dealkylation sites (tertiary alicyclic amines) is 1. The third-order valence-electron chi connectivity index (χ3n) is 2.60. The molecule has 2 rings (SSSR count). The number of rotatable bonds is 4. The highest BCUT2D eigenvalue weighted by molar-refractivity contribution is 6.30. The molecular weight excluding hydrogens is 242 g/mol. The molecule has 1 fully saturated rings. The molecule has 4 nitrogen and oxygen atoms in total. The van der Waals surface area contributed by atoms with Crippen molar-refractivity contribution >= 4 is 17.5 Å². The third kappa shape index (κ3) is 3.35. The van der Waals surface area contributed by atoms with Gasteiger partial charge in [-0.3, -0.25) is 4.79 Å². The van der Waals surface area contributed by atoms with Crippen LogP contribution in [-0.4, -0.2) is 41.7 Å². The van der Waals surface area contributed by atoms with Crippen LogP contribution in [0.3, 0.4) is 0 Å². The molecular formula is C12H14ClNO3. The number of hydrogen-bond acceptors (Lipinski definition) is 3. The van der Waals surface area contributed by atoms with Gasteiger partial charge in [-0.15, -0.1) is 0 Å². The zero-order valence-electron chi connectivity index (χ0n) is 9.30. The number of aliphatic hydroxyl groups is 1. The van der Waals surface area contributed by atoms with Gasteiger partial charge in [0.05, 0.1) is 19.1 Å². The predicted molar refractivity (Wildman–Crippen MR) is 64.2 cm³/mol. The van der Waals surface area contributed by atoms with Gasteiger partial charge in [-0.25, -0.2) is 0 Å². The van der Waals surface area contributed by atoms with Crippen molar-refractivity contribution in [2.75, 3.05) is 19.7 Å². The fraction of sp³-hybridized carbons (Fsp3) is 0.417. The highest BCUT2D eigenvalue weighted by atomic mass is 35.5. The van der Waals surface area contributed by atoms with Crippen LogP contribution in [0.25, 0.3) is 0 Å². The minimum atomic E-state index is -0.354. The lowest BCUT2D eigenvalue weighted by atomic mass is 10.1. The maximum Gasteiger partial charge on any atom is 0.226 e. The van der Waals surface area contributed by atoms with E-state index in [1.807, 2.05) is 0 Å². The van der Waals surface area contributed by atoms with Crippen molar-refractivity contribution in [3.8, 4) is 5.75 Å². The normalized spacial score (nSPS) is 15.5. The van der Waals surface area contributed by atoms with Gasteiger partial charge >= 0.3 is 0 Å².